The Morgan fingerprint density at radius 3 is 2.54 bits per heavy atom. The minimum absolute atomic E-state index is 0.466. The largest absolute Gasteiger partial charge is 0.497 e. The van der Waals surface area contributed by atoms with Crippen molar-refractivity contribution < 1.29 is 19.1 Å². The first-order chi connectivity index (χ1) is 12.6. The van der Waals surface area contributed by atoms with E-state index in [0.29, 0.717) is 22.5 Å². The van der Waals surface area contributed by atoms with Gasteiger partial charge in [-0.05, 0) is 12.1 Å². The third-order valence-electron chi connectivity index (χ3n) is 3.80. The molecule has 0 aliphatic rings. The third kappa shape index (κ3) is 3.80. The van der Waals surface area contributed by atoms with Crippen molar-refractivity contribution >= 4 is 28.5 Å². The van der Waals surface area contributed by atoms with E-state index in [1.807, 2.05) is 18.2 Å². The molecule has 1 heterocycles. The Morgan fingerprint density at radius 1 is 1.08 bits per heavy atom. The Hall–Kier alpha value is -3.41. The minimum Gasteiger partial charge on any atom is -0.497 e. The number of aromatic nitrogens is 1. The number of ether oxygens (including phenoxy) is 2. The number of carbonyl (C=O) groups is 2. The number of amides is 1. The van der Waals surface area contributed by atoms with Crippen LogP contribution in [0.3, 0.4) is 0 Å². The van der Waals surface area contributed by atoms with E-state index in [2.05, 4.69) is 10.3 Å². The summed E-state index contributed by atoms with van der Waals surface area (Å²) in [5.41, 5.74) is 1.69. The highest BCUT2D eigenvalue weighted by atomic mass is 16.5. The Bertz CT molecular complexity index is 941. The van der Waals surface area contributed by atoms with Gasteiger partial charge in [0.05, 0.1) is 18.3 Å². The second kappa shape index (κ2) is 7.65. The molecule has 26 heavy (non-hydrogen) atoms. The number of methoxy groups -OCH3 is 1. The molecule has 2 aromatic carbocycles. The third-order valence-corrected chi connectivity index (χ3v) is 3.80. The monoisotopic (exact) mass is 350 g/mol. The Labute approximate surface area is 150 Å². The van der Waals surface area contributed by atoms with E-state index >= 15 is 0 Å². The molecule has 0 saturated carbocycles. The molecule has 132 valence electrons. The van der Waals surface area contributed by atoms with Crippen molar-refractivity contribution in [1.29, 1.82) is 0 Å². The Balaban J connectivity index is 1.97. The lowest BCUT2D eigenvalue weighted by molar-refractivity contribution is -0.152. The zero-order valence-electron chi connectivity index (χ0n) is 14.4. The molecule has 3 aromatic rings. The van der Waals surface area contributed by atoms with Crippen LogP contribution in [0.1, 0.15) is 18.6 Å². The molecule has 0 aliphatic heterocycles. The van der Waals surface area contributed by atoms with Crippen LogP contribution in [0.15, 0.2) is 60.8 Å². The van der Waals surface area contributed by atoms with Crippen molar-refractivity contribution in [3.63, 3.8) is 0 Å². The maximum atomic E-state index is 12.8. The van der Waals surface area contributed by atoms with Crippen molar-refractivity contribution in [2.24, 2.45) is 0 Å². The van der Waals surface area contributed by atoms with Crippen LogP contribution in [0, 0.1) is 0 Å². The molecular weight excluding hydrogens is 332 g/mol. The van der Waals surface area contributed by atoms with Crippen molar-refractivity contribution in [3.05, 3.63) is 66.4 Å². The van der Waals surface area contributed by atoms with Crippen molar-refractivity contribution in [3.8, 4) is 5.75 Å². The number of pyridine rings is 1. The van der Waals surface area contributed by atoms with Crippen molar-refractivity contribution in [1.82, 2.24) is 4.98 Å². The number of fused-ring (bicyclic) bond motifs is 1. The summed E-state index contributed by atoms with van der Waals surface area (Å²) >= 11 is 0. The van der Waals surface area contributed by atoms with Gasteiger partial charge in [-0.25, -0.2) is 0 Å². The summed E-state index contributed by atoms with van der Waals surface area (Å²) in [5, 5.41) is 3.63. The summed E-state index contributed by atoms with van der Waals surface area (Å²) in [6.07, 6.45) is 0.587. The van der Waals surface area contributed by atoms with Gasteiger partial charge in [-0.3, -0.25) is 14.6 Å². The van der Waals surface area contributed by atoms with Gasteiger partial charge in [-0.2, -0.15) is 0 Å². The van der Waals surface area contributed by atoms with Crippen LogP contribution in [0.25, 0.3) is 10.9 Å². The summed E-state index contributed by atoms with van der Waals surface area (Å²) in [7, 11) is 1.55. The molecule has 0 radical (unpaired) electrons. The Morgan fingerprint density at radius 2 is 1.85 bits per heavy atom. The smallest absolute Gasteiger partial charge is 0.303 e. The summed E-state index contributed by atoms with van der Waals surface area (Å²) < 4.78 is 10.5. The highest BCUT2D eigenvalue weighted by Crippen LogP contribution is 2.29. The fraction of sp³-hybridized carbons (Fsp3) is 0.150. The zero-order valence-corrected chi connectivity index (χ0v) is 14.4. The van der Waals surface area contributed by atoms with Gasteiger partial charge in [0.15, 0.2) is 0 Å². The molecule has 0 aliphatic carbocycles. The van der Waals surface area contributed by atoms with Gasteiger partial charge in [-0.15, -0.1) is 0 Å². The van der Waals surface area contributed by atoms with E-state index in [4.69, 9.17) is 9.47 Å². The van der Waals surface area contributed by atoms with E-state index in [1.165, 1.54) is 6.92 Å². The molecule has 1 N–H and O–H groups in total. The number of nitrogens with zero attached hydrogens (tertiary/aromatic N) is 1. The van der Waals surface area contributed by atoms with Crippen LogP contribution in [-0.4, -0.2) is 24.0 Å². The predicted molar refractivity (Wildman–Crippen MR) is 97.9 cm³/mol. The topological polar surface area (TPSA) is 77.5 Å². The molecule has 6 nitrogen and oxygen atoms in total. The van der Waals surface area contributed by atoms with Crippen LogP contribution in [-0.2, 0) is 14.3 Å². The minimum atomic E-state index is -1.06. The fourth-order valence-corrected chi connectivity index (χ4v) is 2.64. The highest BCUT2D eigenvalue weighted by molar-refractivity contribution is 6.03. The van der Waals surface area contributed by atoms with Crippen LogP contribution in [0.5, 0.6) is 5.75 Å². The number of benzene rings is 2. The summed E-state index contributed by atoms with van der Waals surface area (Å²) in [6, 6.07) is 16.0. The Kier molecular flexibility index (Phi) is 5.12. The molecule has 0 saturated heterocycles. The first kappa shape index (κ1) is 17.4. The lowest BCUT2D eigenvalue weighted by atomic mass is 10.1. The standard InChI is InChI=1S/C20H18N2O4/c1-13(23)26-19(14-7-4-3-5-8-14)20(24)22-17-12-16(25-2)11-15-9-6-10-21-18(15)17/h3-12,19H,1-2H3,(H,22,24). The SMILES string of the molecule is COc1cc(NC(=O)C(OC(C)=O)c2ccccc2)c2ncccc2c1. The number of hydrogen-bond acceptors (Lipinski definition) is 5. The van der Waals surface area contributed by atoms with Gasteiger partial charge in [0, 0.05) is 30.1 Å². The number of rotatable bonds is 5. The van der Waals surface area contributed by atoms with Crippen LogP contribution < -0.4 is 10.1 Å². The average Bonchev–Trinajstić information content (AvgIpc) is 2.66. The summed E-state index contributed by atoms with van der Waals surface area (Å²) in [5.74, 6) is -0.418. The van der Waals surface area contributed by atoms with E-state index in [-0.39, 0.29) is 0 Å². The van der Waals surface area contributed by atoms with Crippen LogP contribution in [0.2, 0.25) is 0 Å². The normalized spacial score (nSPS) is 11.6. The van der Waals surface area contributed by atoms with E-state index < -0.39 is 18.0 Å². The first-order valence-corrected chi connectivity index (χ1v) is 8.04. The number of esters is 1. The first-order valence-electron chi connectivity index (χ1n) is 8.04. The van der Waals surface area contributed by atoms with Gasteiger partial charge < -0.3 is 14.8 Å². The fourth-order valence-electron chi connectivity index (χ4n) is 2.64. The van der Waals surface area contributed by atoms with Crippen molar-refractivity contribution in [2.75, 3.05) is 12.4 Å². The van der Waals surface area contributed by atoms with Gasteiger partial charge in [0.2, 0.25) is 6.10 Å². The number of anilines is 1. The second-order valence-corrected chi connectivity index (χ2v) is 5.64. The zero-order chi connectivity index (χ0) is 18.5. The highest BCUT2D eigenvalue weighted by Gasteiger charge is 2.24. The lowest BCUT2D eigenvalue weighted by Gasteiger charge is -2.18. The van der Waals surface area contributed by atoms with Gasteiger partial charge in [0.1, 0.15) is 5.75 Å². The number of nitrogens with one attached hydrogen (secondary N) is 1. The average molecular weight is 350 g/mol. The quantitative estimate of drug-likeness (QED) is 0.713. The number of carbonyl (C=O) groups excluding carboxylic acids is 2. The van der Waals surface area contributed by atoms with Crippen LogP contribution >= 0.6 is 0 Å². The van der Waals surface area contributed by atoms with Gasteiger partial charge >= 0.3 is 5.97 Å². The van der Waals surface area contributed by atoms with Crippen molar-refractivity contribution in [2.45, 2.75) is 13.0 Å². The maximum Gasteiger partial charge on any atom is 0.303 e. The number of hydrogen-bond donors (Lipinski definition) is 1. The molecule has 1 aromatic heterocycles. The van der Waals surface area contributed by atoms with E-state index in [9.17, 15) is 9.59 Å². The van der Waals surface area contributed by atoms with E-state index in [1.54, 1.807) is 49.7 Å². The molecular formula is C20H18N2O4. The van der Waals surface area contributed by atoms with E-state index in [0.717, 1.165) is 5.39 Å². The van der Waals surface area contributed by atoms with Gasteiger partial charge in [0.25, 0.3) is 5.91 Å². The lowest BCUT2D eigenvalue weighted by Crippen LogP contribution is -2.25. The maximum absolute atomic E-state index is 12.8. The molecule has 6 heteroatoms. The van der Waals surface area contributed by atoms with Gasteiger partial charge in [-0.1, -0.05) is 36.4 Å². The summed E-state index contributed by atoms with van der Waals surface area (Å²) in [6.45, 7) is 1.27. The predicted octanol–water partition coefficient (Wildman–Crippen LogP) is 3.49. The van der Waals surface area contributed by atoms with Crippen LogP contribution in [0.4, 0.5) is 5.69 Å². The molecule has 1 amide bonds. The molecule has 0 bridgehead atoms. The molecule has 3 rings (SSSR count). The molecule has 0 spiro atoms. The molecule has 1 atom stereocenters. The molecule has 1 unspecified atom stereocenters. The summed E-state index contributed by atoms with van der Waals surface area (Å²) in [4.78, 5) is 28.6. The molecule has 0 fully saturated rings. The second-order valence-electron chi connectivity index (χ2n) is 5.64.